The fourth-order valence-corrected chi connectivity index (χ4v) is 3.76. The van der Waals surface area contributed by atoms with Gasteiger partial charge in [0, 0.05) is 24.5 Å². The fraction of sp³-hybridized carbons (Fsp3) is 0.350. The summed E-state index contributed by atoms with van der Waals surface area (Å²) in [6, 6.07) is 3.08. The standard InChI is InChI=1S/C20H23FN8O/c1-23-14-4-2-3-5-15(14)28-19-13(21)9-12(17(22)30)18(29-19)27-11-8-16-20(26-10-11)25-7-6-24-16/h6-10,14-15,23H,2-5H2,1H3,(H2,22,30)(H2,27,28,29)/t14?,15-/m1/s1. The summed E-state index contributed by atoms with van der Waals surface area (Å²) in [5, 5.41) is 9.48. The Kier molecular flexibility index (Phi) is 5.66. The number of halogens is 1. The second-order valence-electron chi connectivity index (χ2n) is 7.26. The molecule has 0 radical (unpaired) electrons. The summed E-state index contributed by atoms with van der Waals surface area (Å²) in [7, 11) is 1.90. The lowest BCUT2D eigenvalue weighted by Gasteiger charge is -2.32. The van der Waals surface area contributed by atoms with Crippen LogP contribution in [0.3, 0.4) is 0 Å². The SMILES string of the molecule is CNC1CCCC[C@H]1Nc1nc(Nc2cnc3nccnc3c2)c(C(N)=O)cc1F. The second kappa shape index (κ2) is 8.54. The predicted octanol–water partition coefficient (Wildman–Crippen LogP) is 2.34. The predicted molar refractivity (Wildman–Crippen MR) is 112 cm³/mol. The quantitative estimate of drug-likeness (QED) is 0.487. The van der Waals surface area contributed by atoms with E-state index in [4.69, 9.17) is 5.73 Å². The van der Waals surface area contributed by atoms with E-state index in [1.165, 1.54) is 6.20 Å². The van der Waals surface area contributed by atoms with Crippen LogP contribution in [-0.4, -0.2) is 45.0 Å². The van der Waals surface area contributed by atoms with Gasteiger partial charge in [0.15, 0.2) is 17.3 Å². The van der Waals surface area contributed by atoms with Gasteiger partial charge in [-0.25, -0.2) is 19.3 Å². The zero-order valence-electron chi connectivity index (χ0n) is 16.5. The first kappa shape index (κ1) is 19.9. The van der Waals surface area contributed by atoms with E-state index < -0.39 is 11.7 Å². The molecule has 1 fully saturated rings. The summed E-state index contributed by atoms with van der Waals surface area (Å²) in [5.74, 6) is -1.19. The van der Waals surface area contributed by atoms with Crippen molar-refractivity contribution in [2.75, 3.05) is 17.7 Å². The van der Waals surface area contributed by atoms with Crippen LogP contribution in [0.25, 0.3) is 11.2 Å². The third-order valence-electron chi connectivity index (χ3n) is 5.29. The smallest absolute Gasteiger partial charge is 0.252 e. The van der Waals surface area contributed by atoms with E-state index in [0.717, 1.165) is 31.7 Å². The molecule has 3 heterocycles. The molecule has 1 unspecified atom stereocenters. The molecule has 3 aromatic rings. The summed E-state index contributed by atoms with van der Waals surface area (Å²) in [5.41, 5.74) is 6.99. The Morgan fingerprint density at radius 3 is 2.63 bits per heavy atom. The number of rotatable bonds is 6. The van der Waals surface area contributed by atoms with Gasteiger partial charge >= 0.3 is 0 Å². The Balaban J connectivity index is 1.66. The van der Waals surface area contributed by atoms with Crippen LogP contribution in [0, 0.1) is 5.82 Å². The van der Waals surface area contributed by atoms with Gasteiger partial charge in [-0.05, 0) is 32.0 Å². The Morgan fingerprint density at radius 2 is 1.87 bits per heavy atom. The van der Waals surface area contributed by atoms with Gasteiger partial charge in [-0.1, -0.05) is 12.8 Å². The number of nitrogens with one attached hydrogen (secondary N) is 3. The number of nitrogens with two attached hydrogens (primary N) is 1. The van der Waals surface area contributed by atoms with Crippen LogP contribution in [-0.2, 0) is 0 Å². The van der Waals surface area contributed by atoms with Crippen LogP contribution < -0.4 is 21.7 Å². The molecule has 10 heteroatoms. The Labute approximate surface area is 172 Å². The van der Waals surface area contributed by atoms with Crippen molar-refractivity contribution in [3.8, 4) is 0 Å². The van der Waals surface area contributed by atoms with Crippen LogP contribution in [0.1, 0.15) is 36.0 Å². The highest BCUT2D eigenvalue weighted by Crippen LogP contribution is 2.27. The molecule has 0 spiro atoms. The highest BCUT2D eigenvalue weighted by Gasteiger charge is 2.26. The van der Waals surface area contributed by atoms with E-state index in [2.05, 4.69) is 35.9 Å². The fourth-order valence-electron chi connectivity index (χ4n) is 3.76. The van der Waals surface area contributed by atoms with Crippen molar-refractivity contribution in [2.45, 2.75) is 37.8 Å². The molecule has 0 aliphatic heterocycles. The van der Waals surface area contributed by atoms with Gasteiger partial charge in [-0.2, -0.15) is 0 Å². The number of carbonyl (C=O) groups excluding carboxylic acids is 1. The molecule has 156 valence electrons. The van der Waals surface area contributed by atoms with Gasteiger partial charge in [0.1, 0.15) is 11.3 Å². The minimum atomic E-state index is -0.783. The molecule has 0 aromatic carbocycles. The summed E-state index contributed by atoms with van der Waals surface area (Å²) in [6.07, 6.45) is 8.75. The number of amides is 1. The maximum Gasteiger partial charge on any atom is 0.252 e. The lowest BCUT2D eigenvalue weighted by atomic mass is 9.90. The molecule has 0 saturated heterocycles. The first-order valence-electron chi connectivity index (χ1n) is 9.83. The van der Waals surface area contributed by atoms with E-state index in [1.54, 1.807) is 18.5 Å². The van der Waals surface area contributed by atoms with E-state index in [1.807, 2.05) is 7.05 Å². The van der Waals surface area contributed by atoms with E-state index in [9.17, 15) is 9.18 Å². The van der Waals surface area contributed by atoms with Crippen LogP contribution >= 0.6 is 0 Å². The van der Waals surface area contributed by atoms with Gasteiger partial charge in [0.05, 0.1) is 17.4 Å². The maximum atomic E-state index is 14.7. The normalized spacial score (nSPS) is 18.9. The van der Waals surface area contributed by atoms with E-state index in [0.29, 0.717) is 16.9 Å². The number of aromatic nitrogens is 4. The van der Waals surface area contributed by atoms with E-state index >= 15 is 0 Å². The first-order chi connectivity index (χ1) is 14.5. The third-order valence-corrected chi connectivity index (χ3v) is 5.29. The maximum absolute atomic E-state index is 14.7. The molecule has 1 aliphatic rings. The highest BCUT2D eigenvalue weighted by atomic mass is 19.1. The zero-order chi connectivity index (χ0) is 21.1. The number of hydrogen-bond acceptors (Lipinski definition) is 8. The van der Waals surface area contributed by atoms with Crippen LogP contribution in [0.4, 0.5) is 21.7 Å². The van der Waals surface area contributed by atoms with Crippen molar-refractivity contribution in [1.82, 2.24) is 25.3 Å². The number of nitrogens with zero attached hydrogens (tertiary/aromatic N) is 4. The number of anilines is 3. The molecule has 1 amide bonds. The molecule has 9 nitrogen and oxygen atoms in total. The third kappa shape index (κ3) is 4.13. The highest BCUT2D eigenvalue weighted by molar-refractivity contribution is 5.98. The minimum absolute atomic E-state index is 0.0376. The molecule has 5 N–H and O–H groups in total. The van der Waals surface area contributed by atoms with Crippen molar-refractivity contribution in [1.29, 1.82) is 0 Å². The van der Waals surface area contributed by atoms with E-state index in [-0.39, 0.29) is 29.3 Å². The van der Waals surface area contributed by atoms with Crippen molar-refractivity contribution in [2.24, 2.45) is 5.73 Å². The number of primary amides is 1. The lowest BCUT2D eigenvalue weighted by molar-refractivity contribution is 0.100. The minimum Gasteiger partial charge on any atom is -0.365 e. The molecular formula is C20H23FN8O. The molecule has 4 rings (SSSR count). The van der Waals surface area contributed by atoms with Crippen molar-refractivity contribution < 1.29 is 9.18 Å². The zero-order valence-corrected chi connectivity index (χ0v) is 16.5. The summed E-state index contributed by atoms with van der Waals surface area (Å²) in [6.45, 7) is 0. The number of hydrogen-bond donors (Lipinski definition) is 4. The number of fused-ring (bicyclic) bond motifs is 1. The molecule has 2 atom stereocenters. The van der Waals surface area contributed by atoms with Gasteiger partial charge < -0.3 is 21.7 Å². The molecule has 1 saturated carbocycles. The van der Waals surface area contributed by atoms with Crippen LogP contribution in [0.5, 0.6) is 0 Å². The average molecular weight is 410 g/mol. The van der Waals surface area contributed by atoms with Crippen LogP contribution in [0.15, 0.2) is 30.7 Å². The molecule has 1 aliphatic carbocycles. The molecule has 0 bridgehead atoms. The largest absolute Gasteiger partial charge is 0.365 e. The topological polar surface area (TPSA) is 131 Å². The van der Waals surface area contributed by atoms with Gasteiger partial charge in [-0.3, -0.25) is 9.78 Å². The summed E-state index contributed by atoms with van der Waals surface area (Å²) >= 11 is 0. The van der Waals surface area contributed by atoms with Gasteiger partial charge in [-0.15, -0.1) is 0 Å². The molecule has 3 aromatic heterocycles. The van der Waals surface area contributed by atoms with Gasteiger partial charge in [0.25, 0.3) is 5.91 Å². The molecular weight excluding hydrogens is 387 g/mol. The summed E-state index contributed by atoms with van der Waals surface area (Å²) < 4.78 is 14.7. The monoisotopic (exact) mass is 410 g/mol. The second-order valence-corrected chi connectivity index (χ2v) is 7.26. The Bertz CT molecular complexity index is 1080. The van der Waals surface area contributed by atoms with Crippen molar-refractivity contribution >= 4 is 34.4 Å². The molecule has 30 heavy (non-hydrogen) atoms. The number of carbonyl (C=O) groups is 1. The first-order valence-corrected chi connectivity index (χ1v) is 9.83. The lowest BCUT2D eigenvalue weighted by Crippen LogP contribution is -2.45. The van der Waals surface area contributed by atoms with Crippen molar-refractivity contribution in [3.63, 3.8) is 0 Å². The Morgan fingerprint density at radius 1 is 1.10 bits per heavy atom. The number of pyridine rings is 2. The Hall–Kier alpha value is -3.40. The average Bonchev–Trinajstić information content (AvgIpc) is 2.76. The summed E-state index contributed by atoms with van der Waals surface area (Å²) in [4.78, 5) is 28.8. The van der Waals surface area contributed by atoms with Crippen LogP contribution in [0.2, 0.25) is 0 Å². The van der Waals surface area contributed by atoms with Crippen molar-refractivity contribution in [3.05, 3.63) is 42.1 Å². The number of likely N-dealkylation sites (N-methyl/N-ethyl adjacent to an activating group) is 1. The van der Waals surface area contributed by atoms with Gasteiger partial charge in [0.2, 0.25) is 0 Å².